The zero-order valence-electron chi connectivity index (χ0n) is 11.8. The maximum absolute atomic E-state index is 12.2. The molecule has 0 amide bonds. The van der Waals surface area contributed by atoms with Gasteiger partial charge in [-0.3, -0.25) is 0 Å². The average Bonchev–Trinajstić information content (AvgIpc) is 2.77. The molecule has 1 aliphatic carbocycles. The summed E-state index contributed by atoms with van der Waals surface area (Å²) in [4.78, 5) is 12.2. The highest BCUT2D eigenvalue weighted by molar-refractivity contribution is 5.89. The Bertz CT molecular complexity index is 521. The van der Waals surface area contributed by atoms with Gasteiger partial charge >= 0.3 is 5.97 Å². The smallest absolute Gasteiger partial charge is 0.340 e. The Balaban J connectivity index is 1.69. The molecule has 1 saturated carbocycles. The van der Waals surface area contributed by atoms with Crippen LogP contribution in [0.25, 0.3) is 0 Å². The first-order chi connectivity index (χ1) is 9.61. The monoisotopic (exact) mass is 272 g/mol. The highest BCUT2D eigenvalue weighted by atomic mass is 16.6. The van der Waals surface area contributed by atoms with Crippen molar-refractivity contribution in [2.75, 3.05) is 0 Å². The van der Waals surface area contributed by atoms with Gasteiger partial charge in [0.05, 0.1) is 11.1 Å². The predicted octanol–water partition coefficient (Wildman–Crippen LogP) is 4.12. The fourth-order valence-electron chi connectivity index (χ4n) is 3.27. The van der Waals surface area contributed by atoms with Gasteiger partial charge in [0.1, 0.15) is 0 Å². The molecule has 106 valence electrons. The molecular formula is C16H20N2O2. The summed E-state index contributed by atoms with van der Waals surface area (Å²) >= 11 is 0. The molecule has 20 heavy (non-hydrogen) atoms. The fourth-order valence-corrected chi connectivity index (χ4v) is 3.27. The van der Waals surface area contributed by atoms with E-state index >= 15 is 0 Å². The average molecular weight is 272 g/mol. The molecule has 1 fully saturated rings. The summed E-state index contributed by atoms with van der Waals surface area (Å²) in [7, 11) is 0. The second-order valence-electron chi connectivity index (χ2n) is 6.09. The first-order valence-corrected chi connectivity index (χ1v) is 7.33. The maximum atomic E-state index is 12.2. The van der Waals surface area contributed by atoms with Crippen molar-refractivity contribution in [3.05, 3.63) is 35.9 Å². The van der Waals surface area contributed by atoms with E-state index in [2.05, 4.69) is 10.2 Å². The van der Waals surface area contributed by atoms with E-state index in [9.17, 15) is 4.79 Å². The largest absolute Gasteiger partial charge is 0.432 e. The zero-order valence-corrected chi connectivity index (χ0v) is 11.8. The molecule has 4 nitrogen and oxygen atoms in total. The predicted molar refractivity (Wildman–Crippen MR) is 75.6 cm³/mol. The number of esters is 1. The molecule has 0 bridgehead atoms. The van der Waals surface area contributed by atoms with E-state index < -0.39 is 5.72 Å². The minimum Gasteiger partial charge on any atom is -0.432 e. The van der Waals surface area contributed by atoms with Crippen LogP contribution in [0.5, 0.6) is 0 Å². The first-order valence-electron chi connectivity index (χ1n) is 7.33. The van der Waals surface area contributed by atoms with Crippen molar-refractivity contribution in [1.29, 1.82) is 0 Å². The van der Waals surface area contributed by atoms with Crippen molar-refractivity contribution in [3.8, 4) is 0 Å². The van der Waals surface area contributed by atoms with E-state index in [1.54, 1.807) is 12.1 Å². The lowest BCUT2D eigenvalue weighted by Crippen LogP contribution is -2.36. The quantitative estimate of drug-likeness (QED) is 0.760. The Morgan fingerprint density at radius 3 is 2.50 bits per heavy atom. The number of benzene rings is 1. The van der Waals surface area contributed by atoms with Crippen LogP contribution in [0.4, 0.5) is 0 Å². The van der Waals surface area contributed by atoms with E-state index in [1.165, 1.54) is 19.3 Å². The van der Waals surface area contributed by atoms with Crippen molar-refractivity contribution in [2.24, 2.45) is 10.2 Å². The van der Waals surface area contributed by atoms with Crippen LogP contribution < -0.4 is 0 Å². The van der Waals surface area contributed by atoms with Gasteiger partial charge < -0.3 is 4.74 Å². The number of hydrogen-bond donors (Lipinski definition) is 0. The Labute approximate surface area is 119 Å². The first kappa shape index (κ1) is 13.3. The van der Waals surface area contributed by atoms with Crippen LogP contribution >= 0.6 is 0 Å². The Morgan fingerprint density at radius 2 is 1.80 bits per heavy atom. The lowest BCUT2D eigenvalue weighted by Gasteiger charge is -2.31. The van der Waals surface area contributed by atoms with Gasteiger partial charge in [0.2, 0.25) is 5.72 Å². The van der Waals surface area contributed by atoms with Crippen molar-refractivity contribution in [2.45, 2.75) is 56.7 Å². The van der Waals surface area contributed by atoms with Crippen molar-refractivity contribution in [1.82, 2.24) is 0 Å². The zero-order chi connectivity index (χ0) is 14.1. The third kappa shape index (κ3) is 2.60. The second-order valence-corrected chi connectivity index (χ2v) is 6.09. The number of carbonyl (C=O) groups is 1. The third-order valence-corrected chi connectivity index (χ3v) is 4.24. The van der Waals surface area contributed by atoms with E-state index in [0.717, 1.165) is 19.3 Å². The number of azo groups is 1. The number of ether oxygens (including phenoxy) is 1. The summed E-state index contributed by atoms with van der Waals surface area (Å²) in [6.45, 7) is 1.86. The molecule has 1 aromatic carbocycles. The minimum absolute atomic E-state index is 0.0794. The standard InChI is InChI=1S/C16H20N2O2/c1-15(20-14(19)13-8-4-2-5-9-13)12-16(18-17-15)10-6-3-7-11-16/h2,4-5,8-9H,3,6-7,10-12H2,1H3. The summed E-state index contributed by atoms with van der Waals surface area (Å²) in [6.07, 6.45) is 6.52. The van der Waals surface area contributed by atoms with E-state index in [0.29, 0.717) is 5.56 Å². The lowest BCUT2D eigenvalue weighted by molar-refractivity contribution is -0.0104. The Morgan fingerprint density at radius 1 is 1.10 bits per heavy atom. The molecule has 0 N–H and O–H groups in total. The lowest BCUT2D eigenvalue weighted by atomic mass is 9.78. The van der Waals surface area contributed by atoms with Crippen LogP contribution in [0.15, 0.2) is 40.6 Å². The molecule has 3 rings (SSSR count). The Kier molecular flexibility index (Phi) is 3.32. The number of nitrogens with zero attached hydrogens (tertiary/aromatic N) is 2. The molecule has 2 aliphatic rings. The SMILES string of the molecule is CC1(OC(=O)c2ccccc2)CC2(CCCCC2)N=N1. The highest BCUT2D eigenvalue weighted by Crippen LogP contribution is 2.45. The normalized spacial score (nSPS) is 27.6. The summed E-state index contributed by atoms with van der Waals surface area (Å²) < 4.78 is 5.61. The molecule has 1 atom stereocenters. The third-order valence-electron chi connectivity index (χ3n) is 4.24. The van der Waals surface area contributed by atoms with Crippen molar-refractivity contribution in [3.63, 3.8) is 0 Å². The van der Waals surface area contributed by atoms with Crippen LogP contribution in [0.2, 0.25) is 0 Å². The minimum atomic E-state index is -0.801. The van der Waals surface area contributed by atoms with Gasteiger partial charge in [0.25, 0.3) is 0 Å². The van der Waals surface area contributed by atoms with Crippen LogP contribution in [-0.4, -0.2) is 17.2 Å². The molecule has 0 radical (unpaired) electrons. The molecule has 4 heteroatoms. The molecular weight excluding hydrogens is 252 g/mol. The molecule has 1 heterocycles. The molecule has 0 aromatic heterocycles. The topological polar surface area (TPSA) is 51.0 Å². The number of hydrogen-bond acceptors (Lipinski definition) is 4. The van der Waals surface area contributed by atoms with Gasteiger partial charge in [-0.2, -0.15) is 5.11 Å². The second kappa shape index (κ2) is 5.00. The van der Waals surface area contributed by atoms with Crippen molar-refractivity contribution >= 4 is 5.97 Å². The van der Waals surface area contributed by atoms with E-state index in [1.807, 2.05) is 25.1 Å². The van der Waals surface area contributed by atoms with Crippen molar-refractivity contribution < 1.29 is 9.53 Å². The Hall–Kier alpha value is -1.71. The molecule has 1 spiro atoms. The summed E-state index contributed by atoms with van der Waals surface area (Å²) in [5.74, 6) is -0.320. The molecule has 1 aliphatic heterocycles. The van der Waals surface area contributed by atoms with Gasteiger partial charge in [-0.25, -0.2) is 4.79 Å². The van der Waals surface area contributed by atoms with Gasteiger partial charge in [-0.15, -0.1) is 5.11 Å². The van der Waals surface area contributed by atoms with Crippen LogP contribution in [-0.2, 0) is 4.74 Å². The van der Waals surface area contributed by atoms with Gasteiger partial charge in [0, 0.05) is 6.42 Å². The van der Waals surface area contributed by atoms with Crippen LogP contribution in [0, 0.1) is 0 Å². The van der Waals surface area contributed by atoms with Crippen LogP contribution in [0.1, 0.15) is 55.8 Å². The fraction of sp³-hybridized carbons (Fsp3) is 0.562. The number of carbonyl (C=O) groups excluding carboxylic acids is 1. The maximum Gasteiger partial charge on any atom is 0.340 e. The highest BCUT2D eigenvalue weighted by Gasteiger charge is 2.47. The molecule has 0 saturated heterocycles. The molecule has 1 aromatic rings. The number of rotatable bonds is 2. The van der Waals surface area contributed by atoms with Gasteiger partial charge in [0.15, 0.2) is 0 Å². The van der Waals surface area contributed by atoms with E-state index in [4.69, 9.17) is 4.74 Å². The van der Waals surface area contributed by atoms with Gasteiger partial charge in [-0.1, -0.05) is 37.5 Å². The van der Waals surface area contributed by atoms with Crippen LogP contribution in [0.3, 0.4) is 0 Å². The molecule has 1 unspecified atom stereocenters. The summed E-state index contributed by atoms with van der Waals surface area (Å²) in [5.41, 5.74) is -0.317. The summed E-state index contributed by atoms with van der Waals surface area (Å²) in [5, 5.41) is 8.77. The van der Waals surface area contributed by atoms with E-state index in [-0.39, 0.29) is 11.5 Å². The van der Waals surface area contributed by atoms with Gasteiger partial charge in [-0.05, 0) is 31.9 Å². The summed E-state index contributed by atoms with van der Waals surface area (Å²) in [6, 6.07) is 9.06.